The molecule has 0 fully saturated rings. The zero-order valence-corrected chi connectivity index (χ0v) is 11.6. The number of aliphatic imine (C=N–C) groups is 1. The first kappa shape index (κ1) is 13.2. The van der Waals surface area contributed by atoms with Gasteiger partial charge in [-0.1, -0.05) is 41.9 Å². The molecule has 20 heavy (non-hydrogen) atoms. The second-order valence-electron chi connectivity index (χ2n) is 4.78. The first-order valence-electron chi connectivity index (χ1n) is 6.56. The maximum absolute atomic E-state index is 9.86. The van der Waals surface area contributed by atoms with E-state index in [9.17, 15) is 5.11 Å². The van der Waals surface area contributed by atoms with Gasteiger partial charge in [-0.15, -0.1) is 0 Å². The first-order valence-corrected chi connectivity index (χ1v) is 6.93. The van der Waals surface area contributed by atoms with Gasteiger partial charge in [0.15, 0.2) is 0 Å². The molecular formula is C16H15ClN2O. The Morgan fingerprint density at radius 1 is 1.15 bits per heavy atom. The average molecular weight is 287 g/mol. The van der Waals surface area contributed by atoms with E-state index in [0.717, 1.165) is 22.5 Å². The largest absolute Gasteiger partial charge is 0.389 e. The molecule has 1 unspecified atom stereocenters. The summed E-state index contributed by atoms with van der Waals surface area (Å²) in [5, 5.41) is 13.8. The van der Waals surface area contributed by atoms with Crippen molar-refractivity contribution in [1.82, 2.24) is 0 Å². The van der Waals surface area contributed by atoms with E-state index in [2.05, 4.69) is 10.3 Å². The number of benzene rings is 2. The van der Waals surface area contributed by atoms with Crippen LogP contribution in [0.3, 0.4) is 0 Å². The Labute approximate surface area is 122 Å². The lowest BCUT2D eigenvalue weighted by Gasteiger charge is -2.20. The first-order chi connectivity index (χ1) is 9.74. The van der Waals surface area contributed by atoms with Crippen molar-refractivity contribution in [2.45, 2.75) is 6.10 Å². The Kier molecular flexibility index (Phi) is 3.72. The number of nitrogens with one attached hydrogen (secondary N) is 1. The van der Waals surface area contributed by atoms with Crippen LogP contribution in [0.25, 0.3) is 0 Å². The molecule has 2 aromatic rings. The van der Waals surface area contributed by atoms with Gasteiger partial charge in [0.1, 0.15) is 0 Å². The van der Waals surface area contributed by atoms with E-state index in [-0.39, 0.29) is 0 Å². The van der Waals surface area contributed by atoms with E-state index in [0.29, 0.717) is 18.1 Å². The molecule has 4 heteroatoms. The minimum absolute atomic E-state index is 0.378. The number of aliphatic hydroxyl groups is 1. The predicted octanol–water partition coefficient (Wildman–Crippen LogP) is 2.96. The second kappa shape index (κ2) is 5.65. The van der Waals surface area contributed by atoms with Crippen LogP contribution < -0.4 is 5.32 Å². The number of hydrogen-bond donors (Lipinski definition) is 2. The summed E-state index contributed by atoms with van der Waals surface area (Å²) in [4.78, 5) is 4.58. The minimum Gasteiger partial charge on any atom is -0.389 e. The SMILES string of the molecule is OC1CN=C(c2ccccc2)c2cc(Cl)ccc2NC1. The number of β-amino-alcohol motifs (C(OH)–C–C–N with tert-alkyl or cyclic N) is 1. The normalized spacial score (nSPS) is 18.3. The zero-order valence-electron chi connectivity index (χ0n) is 10.9. The van der Waals surface area contributed by atoms with E-state index in [1.54, 1.807) is 0 Å². The second-order valence-corrected chi connectivity index (χ2v) is 5.22. The van der Waals surface area contributed by atoms with Crippen LogP contribution in [-0.2, 0) is 0 Å². The van der Waals surface area contributed by atoms with Gasteiger partial charge in [0.05, 0.1) is 18.4 Å². The number of nitrogens with zero attached hydrogens (tertiary/aromatic N) is 1. The van der Waals surface area contributed by atoms with Crippen molar-refractivity contribution in [2.75, 3.05) is 18.4 Å². The summed E-state index contributed by atoms with van der Waals surface area (Å²) in [6.45, 7) is 0.864. The van der Waals surface area contributed by atoms with Crippen molar-refractivity contribution in [1.29, 1.82) is 0 Å². The zero-order chi connectivity index (χ0) is 13.9. The molecule has 1 aliphatic rings. The average Bonchev–Trinajstić information content (AvgIpc) is 2.46. The standard InChI is InChI=1S/C16H15ClN2O/c17-12-6-7-15-14(8-12)16(11-4-2-1-3-5-11)19-10-13(20)9-18-15/h1-8,13,18,20H,9-10H2. The van der Waals surface area contributed by atoms with Crippen molar-refractivity contribution in [3.63, 3.8) is 0 Å². The highest BCUT2D eigenvalue weighted by molar-refractivity contribution is 6.31. The minimum atomic E-state index is -0.488. The molecule has 2 N–H and O–H groups in total. The molecule has 1 aliphatic heterocycles. The third-order valence-electron chi connectivity index (χ3n) is 3.27. The maximum atomic E-state index is 9.86. The van der Waals surface area contributed by atoms with Crippen LogP contribution in [0, 0.1) is 0 Å². The number of fused-ring (bicyclic) bond motifs is 1. The fourth-order valence-electron chi connectivity index (χ4n) is 2.28. The molecule has 0 aromatic heterocycles. The van der Waals surface area contributed by atoms with Crippen molar-refractivity contribution in [3.8, 4) is 0 Å². The monoisotopic (exact) mass is 286 g/mol. The molecule has 3 rings (SSSR count). The molecule has 0 aliphatic carbocycles. The Morgan fingerprint density at radius 3 is 2.75 bits per heavy atom. The lowest BCUT2D eigenvalue weighted by molar-refractivity contribution is 0.196. The van der Waals surface area contributed by atoms with Crippen LogP contribution >= 0.6 is 11.6 Å². The van der Waals surface area contributed by atoms with Gasteiger partial charge in [0.25, 0.3) is 0 Å². The van der Waals surface area contributed by atoms with Crippen molar-refractivity contribution in [2.24, 2.45) is 4.99 Å². The Bertz CT molecular complexity index is 640. The van der Waals surface area contributed by atoms with E-state index < -0.39 is 6.10 Å². The van der Waals surface area contributed by atoms with Crippen LogP contribution in [0.5, 0.6) is 0 Å². The molecule has 1 heterocycles. The Morgan fingerprint density at radius 2 is 1.95 bits per heavy atom. The number of halogens is 1. The van der Waals surface area contributed by atoms with Crippen LogP contribution in [0.2, 0.25) is 5.02 Å². The number of rotatable bonds is 1. The molecule has 0 saturated carbocycles. The molecule has 102 valence electrons. The fraction of sp³-hybridized carbons (Fsp3) is 0.188. The summed E-state index contributed by atoms with van der Waals surface area (Å²) in [6, 6.07) is 15.6. The fourth-order valence-corrected chi connectivity index (χ4v) is 2.46. The molecular weight excluding hydrogens is 272 g/mol. The van der Waals surface area contributed by atoms with E-state index >= 15 is 0 Å². The lowest BCUT2D eigenvalue weighted by atomic mass is 9.99. The molecule has 0 bridgehead atoms. The van der Waals surface area contributed by atoms with E-state index in [4.69, 9.17) is 11.6 Å². The number of aliphatic hydroxyl groups excluding tert-OH is 1. The highest BCUT2D eigenvalue weighted by Gasteiger charge is 2.16. The lowest BCUT2D eigenvalue weighted by Crippen LogP contribution is -2.26. The van der Waals surface area contributed by atoms with Gasteiger partial charge in [0.2, 0.25) is 0 Å². The highest BCUT2D eigenvalue weighted by Crippen LogP contribution is 2.25. The smallest absolute Gasteiger partial charge is 0.0907 e. The van der Waals surface area contributed by atoms with Crippen molar-refractivity contribution >= 4 is 23.0 Å². The summed E-state index contributed by atoms with van der Waals surface area (Å²) in [5.41, 5.74) is 3.78. The van der Waals surface area contributed by atoms with Crippen LogP contribution in [0.4, 0.5) is 5.69 Å². The molecule has 2 aromatic carbocycles. The van der Waals surface area contributed by atoms with Crippen molar-refractivity contribution in [3.05, 3.63) is 64.7 Å². The third-order valence-corrected chi connectivity index (χ3v) is 3.51. The number of anilines is 1. The number of hydrogen-bond acceptors (Lipinski definition) is 3. The quantitative estimate of drug-likeness (QED) is 0.846. The van der Waals surface area contributed by atoms with Gasteiger partial charge in [-0.3, -0.25) is 4.99 Å². The topological polar surface area (TPSA) is 44.6 Å². The van der Waals surface area contributed by atoms with Crippen LogP contribution in [0.1, 0.15) is 11.1 Å². The van der Waals surface area contributed by atoms with Gasteiger partial charge in [0, 0.05) is 28.4 Å². The van der Waals surface area contributed by atoms with Gasteiger partial charge in [-0.05, 0) is 18.2 Å². The van der Waals surface area contributed by atoms with E-state index in [1.807, 2.05) is 48.5 Å². The van der Waals surface area contributed by atoms with Crippen LogP contribution in [0.15, 0.2) is 53.5 Å². The summed E-state index contributed by atoms with van der Waals surface area (Å²) in [7, 11) is 0. The van der Waals surface area contributed by atoms with Gasteiger partial charge in [-0.25, -0.2) is 0 Å². The molecule has 3 nitrogen and oxygen atoms in total. The Balaban J connectivity index is 2.15. The van der Waals surface area contributed by atoms with Gasteiger partial charge < -0.3 is 10.4 Å². The molecule has 1 atom stereocenters. The van der Waals surface area contributed by atoms with Crippen molar-refractivity contribution < 1.29 is 5.11 Å². The predicted molar refractivity (Wildman–Crippen MR) is 82.9 cm³/mol. The van der Waals surface area contributed by atoms with Crippen LogP contribution in [-0.4, -0.2) is 30.0 Å². The highest BCUT2D eigenvalue weighted by atomic mass is 35.5. The van der Waals surface area contributed by atoms with Gasteiger partial charge in [-0.2, -0.15) is 0 Å². The summed E-state index contributed by atoms with van der Waals surface area (Å²) >= 11 is 6.12. The molecule has 0 radical (unpaired) electrons. The molecule has 0 amide bonds. The molecule has 0 saturated heterocycles. The summed E-state index contributed by atoms with van der Waals surface area (Å²) < 4.78 is 0. The van der Waals surface area contributed by atoms with E-state index in [1.165, 1.54) is 0 Å². The third kappa shape index (κ3) is 2.69. The summed E-state index contributed by atoms with van der Waals surface area (Å²) in [6.07, 6.45) is -0.488. The Hall–Kier alpha value is -1.84. The molecule has 0 spiro atoms. The summed E-state index contributed by atoms with van der Waals surface area (Å²) in [5.74, 6) is 0. The van der Waals surface area contributed by atoms with Gasteiger partial charge >= 0.3 is 0 Å². The maximum Gasteiger partial charge on any atom is 0.0907 e.